The van der Waals surface area contributed by atoms with Crippen LogP contribution in [0, 0.1) is 0 Å². The van der Waals surface area contributed by atoms with Crippen LogP contribution in [0.4, 0.5) is 10.7 Å². The van der Waals surface area contributed by atoms with Crippen molar-refractivity contribution in [3.63, 3.8) is 0 Å². The molecule has 20 heavy (non-hydrogen) atoms. The van der Waals surface area contributed by atoms with Crippen LogP contribution in [0.5, 0.6) is 0 Å². The van der Waals surface area contributed by atoms with Crippen molar-refractivity contribution < 1.29 is 4.79 Å². The number of nitrogens with two attached hydrogens (primary N) is 1. The van der Waals surface area contributed by atoms with E-state index in [-0.39, 0.29) is 5.91 Å². The van der Waals surface area contributed by atoms with Crippen molar-refractivity contribution in [3.8, 4) is 0 Å². The Morgan fingerprint density at radius 3 is 2.65 bits per heavy atom. The number of thioether (sulfide) groups is 1. The van der Waals surface area contributed by atoms with E-state index < -0.39 is 0 Å². The smallest absolute Gasteiger partial charge is 0.263 e. The van der Waals surface area contributed by atoms with Gasteiger partial charge in [0.2, 0.25) is 0 Å². The van der Waals surface area contributed by atoms with Crippen LogP contribution in [0.25, 0.3) is 0 Å². The van der Waals surface area contributed by atoms with E-state index in [1.807, 2.05) is 6.26 Å². The monoisotopic (exact) mass is 314 g/mol. The van der Waals surface area contributed by atoms with Gasteiger partial charge < -0.3 is 21.3 Å². The summed E-state index contributed by atoms with van der Waals surface area (Å²) in [6, 6.07) is 0.465. The summed E-state index contributed by atoms with van der Waals surface area (Å²) >= 11 is 3.05. The maximum absolute atomic E-state index is 11.8. The highest BCUT2D eigenvalue weighted by Gasteiger charge is 2.23. The lowest BCUT2D eigenvalue weighted by molar-refractivity contribution is 0.0968. The largest absolute Gasteiger partial charge is 0.396 e. The number of thiophene rings is 1. The summed E-state index contributed by atoms with van der Waals surface area (Å²) in [4.78, 5) is 15.8. The van der Waals surface area contributed by atoms with Gasteiger partial charge in [0.1, 0.15) is 9.88 Å². The number of carbonyl (C=O) groups is 1. The van der Waals surface area contributed by atoms with E-state index in [1.165, 1.54) is 11.3 Å². The molecule has 1 aromatic heterocycles. The molecule has 4 N–H and O–H groups in total. The van der Waals surface area contributed by atoms with Crippen molar-refractivity contribution in [2.45, 2.75) is 23.8 Å². The van der Waals surface area contributed by atoms with E-state index in [0.29, 0.717) is 16.6 Å². The summed E-state index contributed by atoms with van der Waals surface area (Å²) in [5.41, 5.74) is 6.69. The quantitative estimate of drug-likeness (QED) is 0.741. The fourth-order valence-corrected chi connectivity index (χ4v) is 4.39. The second kappa shape index (κ2) is 6.69. The molecule has 1 aromatic rings. The summed E-state index contributed by atoms with van der Waals surface area (Å²) in [6.07, 6.45) is 4.24. The maximum Gasteiger partial charge on any atom is 0.263 e. The number of amides is 1. The Morgan fingerprint density at radius 2 is 2.10 bits per heavy atom. The summed E-state index contributed by atoms with van der Waals surface area (Å²) in [7, 11) is 3.78. The summed E-state index contributed by atoms with van der Waals surface area (Å²) in [5.74, 6) is -0.112. The first-order chi connectivity index (χ1) is 9.56. The Kier molecular flexibility index (Phi) is 5.17. The Labute approximate surface area is 128 Å². The van der Waals surface area contributed by atoms with Crippen molar-refractivity contribution in [1.82, 2.24) is 10.2 Å². The van der Waals surface area contributed by atoms with E-state index in [9.17, 15) is 4.79 Å². The van der Waals surface area contributed by atoms with Crippen LogP contribution in [0.3, 0.4) is 0 Å². The zero-order valence-corrected chi connectivity index (χ0v) is 13.8. The standard InChI is InChI=1S/C13H22N4OS2/c1-15-12(18)10-9(14)11(19-3)13(20-10)16-8-4-6-17(2)7-5-8/h8,16H,4-7,14H2,1-3H3,(H,15,18). The lowest BCUT2D eigenvalue weighted by Gasteiger charge is -2.29. The van der Waals surface area contributed by atoms with Gasteiger partial charge in [0.15, 0.2) is 0 Å². The van der Waals surface area contributed by atoms with Crippen LogP contribution >= 0.6 is 23.1 Å². The van der Waals surface area contributed by atoms with Crippen LogP contribution < -0.4 is 16.4 Å². The van der Waals surface area contributed by atoms with Crippen LogP contribution in [0.2, 0.25) is 0 Å². The molecular formula is C13H22N4OS2. The highest BCUT2D eigenvalue weighted by atomic mass is 32.2. The van der Waals surface area contributed by atoms with Gasteiger partial charge >= 0.3 is 0 Å². The Morgan fingerprint density at radius 1 is 1.45 bits per heavy atom. The van der Waals surface area contributed by atoms with Crippen LogP contribution in [-0.2, 0) is 0 Å². The van der Waals surface area contributed by atoms with Gasteiger partial charge in [-0.15, -0.1) is 23.1 Å². The molecule has 2 heterocycles. The van der Waals surface area contributed by atoms with E-state index in [2.05, 4.69) is 22.6 Å². The number of nitrogens with one attached hydrogen (secondary N) is 2. The number of piperidine rings is 1. The van der Waals surface area contributed by atoms with Crippen molar-refractivity contribution in [3.05, 3.63) is 4.88 Å². The molecule has 2 rings (SSSR count). The first-order valence-electron chi connectivity index (χ1n) is 6.70. The minimum absolute atomic E-state index is 0.112. The molecule has 5 nitrogen and oxygen atoms in total. The van der Waals surface area contributed by atoms with Gasteiger partial charge in [-0.2, -0.15) is 0 Å². The molecule has 1 aliphatic rings. The SMILES string of the molecule is CNC(=O)c1sc(NC2CCN(C)CC2)c(SC)c1N. The molecule has 7 heteroatoms. The number of nitrogens with zero attached hydrogens (tertiary/aromatic N) is 1. The predicted molar refractivity (Wildman–Crippen MR) is 88.0 cm³/mol. The number of rotatable bonds is 4. The Hall–Kier alpha value is -0.920. The second-order valence-electron chi connectivity index (χ2n) is 5.01. The van der Waals surface area contributed by atoms with Crippen molar-refractivity contribution in [2.75, 3.05) is 44.5 Å². The Balaban J connectivity index is 2.16. The fourth-order valence-electron chi connectivity index (χ4n) is 2.35. The predicted octanol–water partition coefficient (Wildman–Crippen LogP) is 1.92. The van der Waals surface area contributed by atoms with Crippen LogP contribution in [0.1, 0.15) is 22.5 Å². The van der Waals surface area contributed by atoms with Gasteiger partial charge in [0, 0.05) is 13.1 Å². The molecular weight excluding hydrogens is 292 g/mol. The molecule has 0 spiro atoms. The zero-order valence-electron chi connectivity index (χ0n) is 12.2. The van der Waals surface area contributed by atoms with Gasteiger partial charge in [-0.1, -0.05) is 0 Å². The van der Waals surface area contributed by atoms with E-state index in [0.717, 1.165) is 35.8 Å². The molecule has 0 bridgehead atoms. The Bertz CT molecular complexity index is 481. The lowest BCUT2D eigenvalue weighted by Crippen LogP contribution is -2.36. The summed E-state index contributed by atoms with van der Waals surface area (Å²) < 4.78 is 0. The summed E-state index contributed by atoms with van der Waals surface area (Å²) in [5, 5.41) is 7.25. The lowest BCUT2D eigenvalue weighted by atomic mass is 10.1. The van der Waals surface area contributed by atoms with Crippen molar-refractivity contribution >= 4 is 39.7 Å². The third-order valence-corrected chi connectivity index (χ3v) is 5.69. The average molecular weight is 314 g/mol. The molecule has 0 aromatic carbocycles. The first kappa shape index (κ1) is 15.5. The highest BCUT2D eigenvalue weighted by molar-refractivity contribution is 7.99. The fraction of sp³-hybridized carbons (Fsp3) is 0.615. The van der Waals surface area contributed by atoms with E-state index >= 15 is 0 Å². The third kappa shape index (κ3) is 3.21. The number of nitrogen functional groups attached to an aromatic ring is 1. The van der Waals surface area contributed by atoms with Gasteiger partial charge in [-0.3, -0.25) is 4.79 Å². The minimum atomic E-state index is -0.112. The molecule has 1 amide bonds. The van der Waals surface area contributed by atoms with Gasteiger partial charge in [-0.05, 0) is 39.2 Å². The van der Waals surface area contributed by atoms with Crippen LogP contribution in [-0.4, -0.2) is 50.3 Å². The van der Waals surface area contributed by atoms with Gasteiger partial charge in [0.05, 0.1) is 10.6 Å². The maximum atomic E-state index is 11.8. The van der Waals surface area contributed by atoms with Crippen molar-refractivity contribution in [2.24, 2.45) is 0 Å². The summed E-state index contributed by atoms with van der Waals surface area (Å²) in [6.45, 7) is 2.21. The molecule has 1 saturated heterocycles. The molecule has 0 aliphatic carbocycles. The van der Waals surface area contributed by atoms with Crippen LogP contribution in [0.15, 0.2) is 4.90 Å². The topological polar surface area (TPSA) is 70.4 Å². The number of hydrogen-bond acceptors (Lipinski definition) is 6. The third-order valence-electron chi connectivity index (χ3n) is 3.59. The number of carbonyl (C=O) groups excluding carboxylic acids is 1. The van der Waals surface area contributed by atoms with E-state index in [1.54, 1.807) is 18.8 Å². The van der Waals surface area contributed by atoms with E-state index in [4.69, 9.17) is 5.73 Å². The number of hydrogen-bond donors (Lipinski definition) is 3. The molecule has 0 atom stereocenters. The number of likely N-dealkylation sites (tertiary alicyclic amines) is 1. The zero-order chi connectivity index (χ0) is 14.7. The number of anilines is 2. The molecule has 1 aliphatic heterocycles. The minimum Gasteiger partial charge on any atom is -0.396 e. The van der Waals surface area contributed by atoms with Gasteiger partial charge in [0.25, 0.3) is 5.91 Å². The molecule has 0 radical (unpaired) electrons. The average Bonchev–Trinajstić information content (AvgIpc) is 2.76. The molecule has 1 fully saturated rings. The first-order valence-corrected chi connectivity index (χ1v) is 8.74. The molecule has 0 saturated carbocycles. The van der Waals surface area contributed by atoms with Gasteiger partial charge in [-0.25, -0.2) is 0 Å². The normalized spacial score (nSPS) is 17.1. The molecule has 0 unspecified atom stereocenters. The van der Waals surface area contributed by atoms with Crippen molar-refractivity contribution in [1.29, 1.82) is 0 Å². The highest BCUT2D eigenvalue weighted by Crippen LogP contribution is 2.42. The second-order valence-corrected chi connectivity index (χ2v) is 6.85. The molecule has 112 valence electrons.